The number of carbonyl (C=O) groups excluding carboxylic acids is 1. The second kappa shape index (κ2) is 8.36. The molecule has 0 spiro atoms. The number of likely N-dealkylation sites (tertiary alicyclic amines) is 1. The van der Waals surface area contributed by atoms with Crippen LogP contribution in [-0.4, -0.2) is 51.9 Å². The molecule has 1 amide bonds. The standard InChI is InChI=1S/C18H27ClN2O4/c1-10(2)12-8-15(23)13(7-14(12)19)17(20)11-3-5-21(6-4-11)18(25)16(24)9-22/h7-8,10-11,16-17,22-24H,3-6,9,20H2,1-2H3. The zero-order valence-electron chi connectivity index (χ0n) is 14.7. The van der Waals surface area contributed by atoms with Crippen molar-refractivity contribution in [3.05, 3.63) is 28.3 Å². The molecular weight excluding hydrogens is 344 g/mol. The van der Waals surface area contributed by atoms with E-state index in [1.54, 1.807) is 17.0 Å². The van der Waals surface area contributed by atoms with Gasteiger partial charge in [-0.1, -0.05) is 25.4 Å². The molecule has 1 aliphatic heterocycles. The molecule has 1 aliphatic rings. The van der Waals surface area contributed by atoms with Crippen molar-refractivity contribution in [3.63, 3.8) is 0 Å². The van der Waals surface area contributed by atoms with Crippen molar-refractivity contribution in [1.29, 1.82) is 0 Å². The molecule has 1 fully saturated rings. The maximum absolute atomic E-state index is 11.9. The van der Waals surface area contributed by atoms with Gasteiger partial charge in [0.15, 0.2) is 6.10 Å². The van der Waals surface area contributed by atoms with Gasteiger partial charge in [0.1, 0.15) is 5.75 Å². The van der Waals surface area contributed by atoms with Crippen molar-refractivity contribution in [2.45, 2.75) is 44.8 Å². The molecule has 0 bridgehead atoms. The Hall–Kier alpha value is -1.34. The summed E-state index contributed by atoms with van der Waals surface area (Å²) in [6.45, 7) is 4.37. The molecule has 2 unspecified atom stereocenters. The third-order valence-electron chi connectivity index (χ3n) is 4.94. The molecule has 6 nitrogen and oxygen atoms in total. The van der Waals surface area contributed by atoms with Crippen LogP contribution in [0.4, 0.5) is 0 Å². The highest BCUT2D eigenvalue weighted by molar-refractivity contribution is 6.31. The fraction of sp³-hybridized carbons (Fsp3) is 0.611. The Balaban J connectivity index is 2.07. The summed E-state index contributed by atoms with van der Waals surface area (Å²) in [5, 5.41) is 29.3. The second-order valence-electron chi connectivity index (χ2n) is 6.97. The smallest absolute Gasteiger partial charge is 0.253 e. The summed E-state index contributed by atoms with van der Waals surface area (Å²) in [5.41, 5.74) is 7.86. The van der Waals surface area contributed by atoms with Crippen molar-refractivity contribution < 1.29 is 20.1 Å². The van der Waals surface area contributed by atoms with Gasteiger partial charge in [-0.25, -0.2) is 0 Å². The first-order valence-corrected chi connectivity index (χ1v) is 8.99. The SMILES string of the molecule is CC(C)c1cc(O)c(C(N)C2CCN(C(=O)C(O)CO)CC2)cc1Cl. The number of aromatic hydroxyl groups is 1. The lowest BCUT2D eigenvalue weighted by molar-refractivity contribution is -0.143. The number of amides is 1. The van der Waals surface area contributed by atoms with E-state index >= 15 is 0 Å². The van der Waals surface area contributed by atoms with Gasteiger partial charge in [-0.15, -0.1) is 0 Å². The summed E-state index contributed by atoms with van der Waals surface area (Å²) in [7, 11) is 0. The van der Waals surface area contributed by atoms with Gasteiger partial charge in [0.25, 0.3) is 5.91 Å². The Morgan fingerprint density at radius 3 is 2.44 bits per heavy atom. The molecule has 140 valence electrons. The van der Waals surface area contributed by atoms with Crippen LogP contribution in [0.25, 0.3) is 0 Å². The van der Waals surface area contributed by atoms with Crippen LogP contribution in [0.15, 0.2) is 12.1 Å². The van der Waals surface area contributed by atoms with Crippen LogP contribution in [0.1, 0.15) is 49.8 Å². The third-order valence-corrected chi connectivity index (χ3v) is 5.27. The van der Waals surface area contributed by atoms with E-state index < -0.39 is 18.6 Å². The lowest BCUT2D eigenvalue weighted by Gasteiger charge is -2.35. The molecular formula is C18H27ClN2O4. The molecule has 1 heterocycles. The molecule has 2 atom stereocenters. The number of phenolic OH excluding ortho intramolecular Hbond substituents is 1. The molecule has 0 radical (unpaired) electrons. The number of aliphatic hydroxyl groups is 2. The minimum atomic E-state index is -1.36. The van der Waals surface area contributed by atoms with E-state index in [1.165, 1.54) is 0 Å². The Morgan fingerprint density at radius 1 is 1.32 bits per heavy atom. The van der Waals surface area contributed by atoms with Crippen molar-refractivity contribution in [1.82, 2.24) is 4.90 Å². The average molecular weight is 371 g/mol. The summed E-state index contributed by atoms with van der Waals surface area (Å²) < 4.78 is 0. The quantitative estimate of drug-likeness (QED) is 0.631. The minimum absolute atomic E-state index is 0.0992. The highest BCUT2D eigenvalue weighted by Crippen LogP contribution is 2.38. The summed E-state index contributed by atoms with van der Waals surface area (Å²) in [4.78, 5) is 13.4. The summed E-state index contributed by atoms with van der Waals surface area (Å²) in [6.07, 6.45) is -0.0427. The molecule has 1 saturated heterocycles. The van der Waals surface area contributed by atoms with E-state index in [2.05, 4.69) is 0 Å². The highest BCUT2D eigenvalue weighted by Gasteiger charge is 2.31. The number of hydrogen-bond donors (Lipinski definition) is 4. The number of nitrogens with zero attached hydrogens (tertiary/aromatic N) is 1. The van der Waals surface area contributed by atoms with Crippen molar-refractivity contribution in [2.24, 2.45) is 11.7 Å². The fourth-order valence-electron chi connectivity index (χ4n) is 3.32. The van der Waals surface area contributed by atoms with Crippen LogP contribution in [0.5, 0.6) is 5.75 Å². The zero-order valence-corrected chi connectivity index (χ0v) is 15.4. The predicted octanol–water partition coefficient (Wildman–Crippen LogP) is 1.76. The molecule has 5 N–H and O–H groups in total. The van der Waals surface area contributed by atoms with E-state index in [4.69, 9.17) is 22.4 Å². The zero-order chi connectivity index (χ0) is 18.7. The largest absolute Gasteiger partial charge is 0.508 e. The van der Waals surface area contributed by atoms with Crippen molar-refractivity contribution in [3.8, 4) is 5.75 Å². The van der Waals surface area contributed by atoms with Crippen LogP contribution in [0.2, 0.25) is 5.02 Å². The van der Waals surface area contributed by atoms with Crippen molar-refractivity contribution >= 4 is 17.5 Å². The Bertz CT molecular complexity index is 615. The van der Waals surface area contributed by atoms with Gasteiger partial charge in [-0.2, -0.15) is 0 Å². The monoisotopic (exact) mass is 370 g/mol. The first kappa shape index (κ1) is 20.0. The van der Waals surface area contributed by atoms with Crippen molar-refractivity contribution in [2.75, 3.05) is 19.7 Å². The van der Waals surface area contributed by atoms with Gasteiger partial charge in [-0.3, -0.25) is 4.79 Å². The maximum atomic E-state index is 11.9. The van der Waals surface area contributed by atoms with E-state index in [1.807, 2.05) is 13.8 Å². The van der Waals surface area contributed by atoms with E-state index in [9.17, 15) is 15.0 Å². The Kier molecular flexibility index (Phi) is 6.68. The molecule has 1 aromatic rings. The van der Waals surface area contributed by atoms with Crippen LogP contribution < -0.4 is 5.73 Å². The van der Waals surface area contributed by atoms with Crippen LogP contribution in [0.3, 0.4) is 0 Å². The normalized spacial score (nSPS) is 18.4. The Labute approximate surface area is 153 Å². The second-order valence-corrected chi connectivity index (χ2v) is 7.38. The van der Waals surface area contributed by atoms with E-state index in [-0.39, 0.29) is 23.6 Å². The van der Waals surface area contributed by atoms with Gasteiger partial charge in [-0.05, 0) is 42.4 Å². The van der Waals surface area contributed by atoms with Gasteiger partial charge in [0, 0.05) is 29.7 Å². The predicted molar refractivity (Wildman–Crippen MR) is 96.5 cm³/mol. The lowest BCUT2D eigenvalue weighted by Crippen LogP contribution is -2.46. The first-order valence-electron chi connectivity index (χ1n) is 8.61. The van der Waals surface area contributed by atoms with Crippen LogP contribution in [0, 0.1) is 5.92 Å². The molecule has 1 aromatic carbocycles. The lowest BCUT2D eigenvalue weighted by atomic mass is 9.84. The van der Waals surface area contributed by atoms with Gasteiger partial charge < -0.3 is 26.0 Å². The molecule has 0 saturated carbocycles. The third kappa shape index (κ3) is 4.44. The molecule has 25 heavy (non-hydrogen) atoms. The first-order chi connectivity index (χ1) is 11.8. The molecule has 0 aromatic heterocycles. The highest BCUT2D eigenvalue weighted by atomic mass is 35.5. The molecule has 2 rings (SSSR count). The summed E-state index contributed by atoms with van der Waals surface area (Å²) in [6, 6.07) is 3.04. The van der Waals surface area contributed by atoms with E-state index in [0.717, 1.165) is 5.56 Å². The number of piperidine rings is 1. The summed E-state index contributed by atoms with van der Waals surface area (Å²) >= 11 is 6.32. The average Bonchev–Trinajstić information content (AvgIpc) is 2.61. The number of benzene rings is 1. The number of rotatable bonds is 5. The number of phenols is 1. The van der Waals surface area contributed by atoms with Crippen LogP contribution >= 0.6 is 11.6 Å². The molecule has 0 aliphatic carbocycles. The number of aliphatic hydroxyl groups excluding tert-OH is 2. The number of nitrogens with two attached hydrogens (primary N) is 1. The number of carbonyl (C=O) groups is 1. The number of hydrogen-bond acceptors (Lipinski definition) is 5. The van der Waals surface area contributed by atoms with Gasteiger partial charge in [0.2, 0.25) is 0 Å². The Morgan fingerprint density at radius 2 is 1.92 bits per heavy atom. The fourth-order valence-corrected chi connectivity index (χ4v) is 3.71. The van der Waals surface area contributed by atoms with E-state index in [0.29, 0.717) is 36.5 Å². The minimum Gasteiger partial charge on any atom is -0.508 e. The van der Waals surface area contributed by atoms with Gasteiger partial charge in [0.05, 0.1) is 6.61 Å². The topological polar surface area (TPSA) is 107 Å². The van der Waals surface area contributed by atoms with Gasteiger partial charge >= 0.3 is 0 Å². The number of halogens is 1. The maximum Gasteiger partial charge on any atom is 0.253 e. The molecule has 7 heteroatoms. The summed E-state index contributed by atoms with van der Waals surface area (Å²) in [5.74, 6) is -0.00503. The van der Waals surface area contributed by atoms with Crippen LogP contribution in [-0.2, 0) is 4.79 Å².